The maximum Gasteiger partial charge on any atom is 0.307 e. The van der Waals surface area contributed by atoms with Crippen LogP contribution in [0.25, 0.3) is 5.69 Å². The third-order valence-corrected chi connectivity index (χ3v) is 6.98. The quantitative estimate of drug-likeness (QED) is 0.126. The van der Waals surface area contributed by atoms with E-state index in [-0.39, 0.29) is 24.9 Å². The minimum atomic E-state index is -0.508. The summed E-state index contributed by atoms with van der Waals surface area (Å²) < 4.78 is 24.7. The molecule has 230 valence electrons. The van der Waals surface area contributed by atoms with Gasteiger partial charge in [-0.15, -0.1) is 0 Å². The smallest absolute Gasteiger partial charge is 0.307 e. The number of furan rings is 1. The summed E-state index contributed by atoms with van der Waals surface area (Å²) in [6.07, 6.45) is 1.46. The first-order valence-electron chi connectivity index (χ1n) is 14.3. The molecule has 0 aliphatic carbocycles. The molecule has 0 saturated carbocycles. The van der Waals surface area contributed by atoms with Crippen molar-refractivity contribution in [1.29, 1.82) is 0 Å². The van der Waals surface area contributed by atoms with Gasteiger partial charge in [-0.2, -0.15) is 5.10 Å². The van der Waals surface area contributed by atoms with E-state index in [1.165, 1.54) is 13.3 Å². The Hall–Kier alpha value is -5.77. The first kappa shape index (κ1) is 30.7. The second-order valence-electron chi connectivity index (χ2n) is 10.3. The number of anilines is 1. The molecular weight excluding hydrogens is 572 g/mol. The Morgan fingerprint density at radius 1 is 0.867 bits per heavy atom. The number of hydrazone groups is 1. The predicted molar refractivity (Wildman–Crippen MR) is 172 cm³/mol. The number of hydrogen-bond donors (Lipinski definition) is 2. The highest BCUT2D eigenvalue weighted by molar-refractivity contribution is 5.93. The highest BCUT2D eigenvalue weighted by atomic mass is 16.5. The number of carbonyl (C=O) groups is 2. The number of methoxy groups -OCH3 is 1. The maximum absolute atomic E-state index is 12.6. The van der Waals surface area contributed by atoms with Crippen molar-refractivity contribution in [3.05, 3.63) is 125 Å². The van der Waals surface area contributed by atoms with Crippen LogP contribution in [0, 0.1) is 20.8 Å². The van der Waals surface area contributed by atoms with Gasteiger partial charge in [0.2, 0.25) is 0 Å². The molecular formula is C35H34N4O6. The minimum absolute atomic E-state index is 0.102. The molecule has 2 amide bonds. The van der Waals surface area contributed by atoms with Gasteiger partial charge in [-0.1, -0.05) is 18.2 Å². The number of aryl methyl sites for hydroxylation is 3. The molecule has 0 fully saturated rings. The minimum Gasteiger partial charge on any atom is -0.493 e. The molecule has 10 heteroatoms. The molecule has 5 aromatic rings. The molecule has 0 bridgehead atoms. The topological polar surface area (TPSA) is 116 Å². The Morgan fingerprint density at radius 2 is 1.62 bits per heavy atom. The number of ether oxygens (including phenoxy) is 3. The third kappa shape index (κ3) is 7.80. The lowest BCUT2D eigenvalue weighted by atomic mass is 10.2. The maximum atomic E-state index is 12.6. The molecule has 0 atom stereocenters. The molecule has 0 unspecified atom stereocenters. The lowest BCUT2D eigenvalue weighted by Gasteiger charge is -2.12. The van der Waals surface area contributed by atoms with Gasteiger partial charge < -0.3 is 28.5 Å². The molecule has 10 nitrogen and oxygen atoms in total. The summed E-state index contributed by atoms with van der Waals surface area (Å²) in [7, 11) is 1.50. The normalized spacial score (nSPS) is 10.9. The first-order chi connectivity index (χ1) is 21.8. The van der Waals surface area contributed by atoms with Gasteiger partial charge in [-0.25, -0.2) is 5.43 Å². The number of carbonyl (C=O) groups excluding carboxylic acids is 2. The SMILES string of the molecule is COc1cc(C=NNC(=O)c2ccc(COc3ccc(-n4c(C)ccc4C)cc3)o2)ccc1OCC(=O)Nc1ccccc1C. The Labute approximate surface area is 261 Å². The fourth-order valence-electron chi connectivity index (χ4n) is 4.65. The highest BCUT2D eigenvalue weighted by Crippen LogP contribution is 2.28. The van der Waals surface area contributed by atoms with Crippen LogP contribution in [0.3, 0.4) is 0 Å². The van der Waals surface area contributed by atoms with Crippen molar-refractivity contribution in [2.45, 2.75) is 27.4 Å². The summed E-state index contributed by atoms with van der Waals surface area (Å²) in [5, 5.41) is 6.84. The van der Waals surface area contributed by atoms with Crippen molar-refractivity contribution in [2.24, 2.45) is 5.10 Å². The van der Waals surface area contributed by atoms with Crippen molar-refractivity contribution < 1.29 is 28.2 Å². The summed E-state index contributed by atoms with van der Waals surface area (Å²) in [5.74, 6) is 1.29. The summed E-state index contributed by atoms with van der Waals surface area (Å²) in [5.41, 5.74) is 8.15. The van der Waals surface area contributed by atoms with E-state index in [9.17, 15) is 9.59 Å². The Balaban J connectivity index is 1.10. The number of hydrogen-bond acceptors (Lipinski definition) is 7. The number of rotatable bonds is 12. The molecule has 2 heterocycles. The highest BCUT2D eigenvalue weighted by Gasteiger charge is 2.12. The monoisotopic (exact) mass is 606 g/mol. The summed E-state index contributed by atoms with van der Waals surface area (Å²) in [6, 6.07) is 27.8. The van der Waals surface area contributed by atoms with Gasteiger partial charge in [-0.3, -0.25) is 9.59 Å². The first-order valence-corrected chi connectivity index (χ1v) is 14.3. The molecule has 0 aliphatic rings. The molecule has 45 heavy (non-hydrogen) atoms. The number of aromatic nitrogens is 1. The van der Waals surface area contributed by atoms with E-state index in [2.05, 4.69) is 46.4 Å². The van der Waals surface area contributed by atoms with Crippen molar-refractivity contribution in [3.63, 3.8) is 0 Å². The van der Waals surface area contributed by atoms with E-state index >= 15 is 0 Å². The molecule has 5 rings (SSSR count). The molecule has 0 radical (unpaired) electrons. The van der Waals surface area contributed by atoms with Crippen LogP contribution in [0.1, 0.15) is 38.8 Å². The van der Waals surface area contributed by atoms with Crippen LogP contribution in [0.2, 0.25) is 0 Å². The molecule has 0 saturated heterocycles. The van der Waals surface area contributed by atoms with E-state index in [4.69, 9.17) is 18.6 Å². The van der Waals surface area contributed by atoms with E-state index < -0.39 is 5.91 Å². The average Bonchev–Trinajstić information content (AvgIpc) is 3.66. The van der Waals surface area contributed by atoms with Gasteiger partial charge in [0.1, 0.15) is 18.1 Å². The molecule has 0 spiro atoms. The lowest BCUT2D eigenvalue weighted by Crippen LogP contribution is -2.20. The summed E-state index contributed by atoms with van der Waals surface area (Å²) in [4.78, 5) is 24.9. The van der Waals surface area contributed by atoms with Crippen LogP contribution < -0.4 is 25.0 Å². The van der Waals surface area contributed by atoms with Gasteiger partial charge in [0.15, 0.2) is 23.9 Å². The summed E-state index contributed by atoms with van der Waals surface area (Å²) >= 11 is 0. The van der Waals surface area contributed by atoms with Gasteiger partial charge >= 0.3 is 5.91 Å². The molecule has 3 aromatic carbocycles. The average molecular weight is 607 g/mol. The fraction of sp³-hybridized carbons (Fsp3) is 0.171. The number of benzene rings is 3. The summed E-state index contributed by atoms with van der Waals surface area (Å²) in [6.45, 7) is 6.02. The van der Waals surface area contributed by atoms with Crippen LogP contribution >= 0.6 is 0 Å². The van der Waals surface area contributed by atoms with Crippen LogP contribution in [-0.2, 0) is 11.4 Å². The third-order valence-electron chi connectivity index (χ3n) is 6.98. The van der Waals surface area contributed by atoms with Gasteiger partial charge in [0, 0.05) is 22.8 Å². The standard InChI is InChI=1S/C35H34N4O6/c1-23-7-5-6-8-30(23)37-34(40)22-44-31-17-11-26(19-33(31)42-4)20-36-38-35(41)32-18-16-29(45-32)21-43-28-14-12-27(13-15-28)39-24(2)9-10-25(39)3/h5-20H,21-22H2,1-4H3,(H,37,40)(H,38,41). The van der Waals surface area contributed by atoms with E-state index in [1.807, 2.05) is 55.5 Å². The van der Waals surface area contributed by atoms with E-state index in [0.29, 0.717) is 28.6 Å². The Kier molecular flexibility index (Phi) is 9.64. The van der Waals surface area contributed by atoms with Crippen molar-refractivity contribution in [2.75, 3.05) is 19.0 Å². The van der Waals surface area contributed by atoms with Crippen LogP contribution in [0.5, 0.6) is 17.2 Å². The second-order valence-corrected chi connectivity index (χ2v) is 10.3. The zero-order chi connectivity index (χ0) is 31.8. The number of nitrogens with one attached hydrogen (secondary N) is 2. The van der Waals surface area contributed by atoms with Crippen molar-refractivity contribution >= 4 is 23.7 Å². The molecule has 0 aliphatic heterocycles. The number of nitrogens with zero attached hydrogens (tertiary/aromatic N) is 2. The lowest BCUT2D eigenvalue weighted by molar-refractivity contribution is -0.118. The van der Waals surface area contributed by atoms with Crippen molar-refractivity contribution in [3.8, 4) is 22.9 Å². The zero-order valence-electron chi connectivity index (χ0n) is 25.5. The number of para-hydroxylation sites is 1. The Morgan fingerprint density at radius 3 is 2.36 bits per heavy atom. The van der Waals surface area contributed by atoms with E-state index in [1.54, 1.807) is 30.3 Å². The van der Waals surface area contributed by atoms with Gasteiger partial charge in [0.05, 0.1) is 13.3 Å². The molecule has 2 aromatic heterocycles. The number of amides is 2. The second kappa shape index (κ2) is 14.1. The predicted octanol–water partition coefficient (Wildman–Crippen LogP) is 6.36. The van der Waals surface area contributed by atoms with Gasteiger partial charge in [0.25, 0.3) is 5.91 Å². The molecule has 2 N–H and O–H groups in total. The van der Waals surface area contributed by atoms with Crippen LogP contribution in [0.4, 0.5) is 5.69 Å². The van der Waals surface area contributed by atoms with Gasteiger partial charge in [-0.05, 0) is 105 Å². The van der Waals surface area contributed by atoms with Crippen LogP contribution in [0.15, 0.2) is 101 Å². The van der Waals surface area contributed by atoms with E-state index in [0.717, 1.165) is 28.3 Å². The Bertz CT molecular complexity index is 1800. The largest absolute Gasteiger partial charge is 0.493 e. The van der Waals surface area contributed by atoms with Crippen molar-refractivity contribution in [1.82, 2.24) is 9.99 Å². The van der Waals surface area contributed by atoms with Crippen LogP contribution in [-0.4, -0.2) is 36.3 Å². The fourth-order valence-corrected chi connectivity index (χ4v) is 4.65. The zero-order valence-corrected chi connectivity index (χ0v) is 25.5.